The number of para-hydroxylation sites is 1. The van der Waals surface area contributed by atoms with Crippen molar-refractivity contribution >= 4 is 0 Å². The first-order valence-corrected chi connectivity index (χ1v) is 5.52. The van der Waals surface area contributed by atoms with Crippen LogP contribution in [0.4, 0.5) is 0 Å². The molecule has 1 N–H and O–H groups in total. The summed E-state index contributed by atoms with van der Waals surface area (Å²) in [5.41, 5.74) is 1.61. The molecular formula is C13H12N2O2. The zero-order valence-corrected chi connectivity index (χ0v) is 9.15. The van der Waals surface area contributed by atoms with Gasteiger partial charge in [-0.1, -0.05) is 18.2 Å². The Bertz CT molecular complexity index is 516. The predicted molar refractivity (Wildman–Crippen MR) is 61.7 cm³/mol. The van der Waals surface area contributed by atoms with Gasteiger partial charge in [0, 0.05) is 18.0 Å². The maximum Gasteiger partial charge on any atom is 0.123 e. The van der Waals surface area contributed by atoms with Gasteiger partial charge < -0.3 is 9.84 Å². The van der Waals surface area contributed by atoms with Gasteiger partial charge in [0.05, 0.1) is 24.4 Å². The molecule has 1 aliphatic heterocycles. The molecule has 0 aliphatic carbocycles. The third-order valence-corrected chi connectivity index (χ3v) is 3.00. The molecule has 0 amide bonds. The summed E-state index contributed by atoms with van der Waals surface area (Å²) in [6, 6.07) is 7.77. The SMILES string of the molecule is OC(c1cnccn1)C1COc2ccccc21. The van der Waals surface area contributed by atoms with Crippen molar-refractivity contribution in [2.24, 2.45) is 0 Å². The van der Waals surface area contributed by atoms with Crippen LogP contribution in [-0.4, -0.2) is 21.7 Å². The van der Waals surface area contributed by atoms with E-state index in [4.69, 9.17) is 4.74 Å². The number of rotatable bonds is 2. The van der Waals surface area contributed by atoms with Crippen molar-refractivity contribution in [2.75, 3.05) is 6.61 Å². The zero-order valence-electron chi connectivity index (χ0n) is 9.15. The fraction of sp³-hybridized carbons (Fsp3) is 0.231. The summed E-state index contributed by atoms with van der Waals surface area (Å²) in [5.74, 6) is 0.781. The van der Waals surface area contributed by atoms with Gasteiger partial charge in [-0.2, -0.15) is 0 Å². The second-order valence-electron chi connectivity index (χ2n) is 4.03. The number of hydrogen-bond acceptors (Lipinski definition) is 4. The summed E-state index contributed by atoms with van der Waals surface area (Å²) in [6.07, 6.45) is 4.09. The van der Waals surface area contributed by atoms with Crippen molar-refractivity contribution in [2.45, 2.75) is 12.0 Å². The van der Waals surface area contributed by atoms with Gasteiger partial charge in [-0.25, -0.2) is 0 Å². The predicted octanol–water partition coefficient (Wildman–Crippen LogP) is 1.69. The molecule has 0 bridgehead atoms. The van der Waals surface area contributed by atoms with Gasteiger partial charge in [-0.05, 0) is 6.07 Å². The summed E-state index contributed by atoms with van der Waals surface area (Å²) < 4.78 is 5.55. The Morgan fingerprint density at radius 3 is 3.00 bits per heavy atom. The average molecular weight is 228 g/mol. The molecule has 0 spiro atoms. The highest BCUT2D eigenvalue weighted by atomic mass is 16.5. The van der Waals surface area contributed by atoms with E-state index in [0.717, 1.165) is 11.3 Å². The van der Waals surface area contributed by atoms with E-state index in [0.29, 0.717) is 12.3 Å². The molecule has 4 nitrogen and oxygen atoms in total. The average Bonchev–Trinajstić information content (AvgIpc) is 2.83. The lowest BCUT2D eigenvalue weighted by atomic mass is 9.94. The van der Waals surface area contributed by atoms with Crippen LogP contribution in [0.25, 0.3) is 0 Å². The minimum absolute atomic E-state index is 0.0668. The van der Waals surface area contributed by atoms with Gasteiger partial charge >= 0.3 is 0 Å². The van der Waals surface area contributed by atoms with Crippen LogP contribution in [0.15, 0.2) is 42.9 Å². The maximum atomic E-state index is 10.3. The molecule has 3 rings (SSSR count). The number of hydrogen-bond donors (Lipinski definition) is 1. The fourth-order valence-corrected chi connectivity index (χ4v) is 2.12. The second-order valence-corrected chi connectivity index (χ2v) is 4.03. The number of nitrogens with zero attached hydrogens (tertiary/aromatic N) is 2. The van der Waals surface area contributed by atoms with Crippen LogP contribution in [0.2, 0.25) is 0 Å². The Kier molecular flexibility index (Phi) is 2.49. The molecule has 1 aromatic heterocycles. The highest BCUT2D eigenvalue weighted by Crippen LogP contribution is 2.40. The minimum atomic E-state index is -0.674. The molecule has 1 aliphatic rings. The maximum absolute atomic E-state index is 10.3. The first kappa shape index (κ1) is 10.2. The quantitative estimate of drug-likeness (QED) is 0.849. The van der Waals surface area contributed by atoms with Crippen molar-refractivity contribution in [3.63, 3.8) is 0 Å². The van der Waals surface area contributed by atoms with Crippen molar-refractivity contribution in [3.05, 3.63) is 54.1 Å². The lowest BCUT2D eigenvalue weighted by Crippen LogP contribution is -2.13. The van der Waals surface area contributed by atoms with Crippen LogP contribution >= 0.6 is 0 Å². The van der Waals surface area contributed by atoms with Crippen LogP contribution in [0, 0.1) is 0 Å². The molecule has 1 aromatic carbocycles. The van der Waals surface area contributed by atoms with Gasteiger partial charge in [0.1, 0.15) is 11.9 Å². The smallest absolute Gasteiger partial charge is 0.123 e. The molecule has 2 heterocycles. The van der Waals surface area contributed by atoms with E-state index < -0.39 is 6.10 Å². The fourth-order valence-electron chi connectivity index (χ4n) is 2.12. The summed E-state index contributed by atoms with van der Waals surface area (Å²) >= 11 is 0. The van der Waals surface area contributed by atoms with Crippen LogP contribution in [-0.2, 0) is 0 Å². The number of aliphatic hydroxyl groups excluding tert-OH is 1. The van der Waals surface area contributed by atoms with E-state index in [-0.39, 0.29) is 5.92 Å². The standard InChI is InChI=1S/C13H12N2O2/c16-13(11-7-14-5-6-15-11)10-8-17-12-4-2-1-3-9(10)12/h1-7,10,13,16H,8H2. The van der Waals surface area contributed by atoms with Crippen LogP contribution in [0.3, 0.4) is 0 Å². The Hall–Kier alpha value is -1.94. The van der Waals surface area contributed by atoms with Gasteiger partial charge in [0.25, 0.3) is 0 Å². The molecule has 2 unspecified atom stereocenters. The molecule has 86 valence electrons. The number of ether oxygens (including phenoxy) is 1. The van der Waals surface area contributed by atoms with Crippen molar-refractivity contribution in [3.8, 4) is 5.75 Å². The molecular weight excluding hydrogens is 216 g/mol. The topological polar surface area (TPSA) is 55.2 Å². The highest BCUT2D eigenvalue weighted by molar-refractivity contribution is 5.40. The molecule has 0 radical (unpaired) electrons. The number of aliphatic hydroxyl groups is 1. The largest absolute Gasteiger partial charge is 0.493 e. The summed E-state index contributed by atoms with van der Waals surface area (Å²) in [5, 5.41) is 10.3. The van der Waals surface area contributed by atoms with Crippen LogP contribution < -0.4 is 4.74 Å². The Morgan fingerprint density at radius 2 is 2.18 bits per heavy atom. The Balaban J connectivity index is 1.92. The summed E-state index contributed by atoms with van der Waals surface area (Å²) in [7, 11) is 0. The molecule has 0 fully saturated rings. The Morgan fingerprint density at radius 1 is 1.29 bits per heavy atom. The van der Waals surface area contributed by atoms with Crippen LogP contribution in [0.1, 0.15) is 23.3 Å². The lowest BCUT2D eigenvalue weighted by molar-refractivity contribution is 0.125. The first-order chi connectivity index (χ1) is 8.36. The molecule has 2 aromatic rings. The van der Waals surface area contributed by atoms with E-state index in [1.807, 2.05) is 24.3 Å². The molecule has 0 saturated carbocycles. The zero-order chi connectivity index (χ0) is 11.7. The summed E-state index contributed by atoms with van der Waals surface area (Å²) in [4.78, 5) is 8.10. The van der Waals surface area contributed by atoms with E-state index in [9.17, 15) is 5.11 Å². The van der Waals surface area contributed by atoms with Gasteiger partial charge in [0.15, 0.2) is 0 Å². The van der Waals surface area contributed by atoms with Crippen molar-refractivity contribution in [1.29, 1.82) is 0 Å². The van der Waals surface area contributed by atoms with Gasteiger partial charge in [-0.15, -0.1) is 0 Å². The normalized spacial score (nSPS) is 19.5. The molecule has 17 heavy (non-hydrogen) atoms. The summed E-state index contributed by atoms with van der Waals surface area (Å²) in [6.45, 7) is 0.483. The van der Waals surface area contributed by atoms with Gasteiger partial charge in [-0.3, -0.25) is 9.97 Å². The lowest BCUT2D eigenvalue weighted by Gasteiger charge is -2.15. The molecule has 2 atom stereocenters. The highest BCUT2D eigenvalue weighted by Gasteiger charge is 2.31. The number of benzene rings is 1. The molecule has 4 heteroatoms. The van der Waals surface area contributed by atoms with Gasteiger partial charge in [0.2, 0.25) is 0 Å². The number of aromatic nitrogens is 2. The van der Waals surface area contributed by atoms with Crippen molar-refractivity contribution < 1.29 is 9.84 Å². The second kappa shape index (κ2) is 4.14. The Labute approximate surface area is 98.9 Å². The van der Waals surface area contributed by atoms with E-state index in [1.54, 1.807) is 18.6 Å². The van der Waals surface area contributed by atoms with Crippen LogP contribution in [0.5, 0.6) is 5.75 Å². The monoisotopic (exact) mass is 228 g/mol. The number of fused-ring (bicyclic) bond motifs is 1. The van der Waals surface area contributed by atoms with Crippen molar-refractivity contribution in [1.82, 2.24) is 9.97 Å². The van der Waals surface area contributed by atoms with E-state index >= 15 is 0 Å². The third-order valence-electron chi connectivity index (χ3n) is 3.00. The molecule has 0 saturated heterocycles. The third kappa shape index (κ3) is 1.76. The minimum Gasteiger partial charge on any atom is -0.493 e. The van der Waals surface area contributed by atoms with E-state index in [1.165, 1.54) is 0 Å². The first-order valence-electron chi connectivity index (χ1n) is 5.52. The van der Waals surface area contributed by atoms with E-state index in [2.05, 4.69) is 9.97 Å².